The van der Waals surface area contributed by atoms with Gasteiger partial charge in [0.1, 0.15) is 0 Å². The van der Waals surface area contributed by atoms with Gasteiger partial charge in [0.05, 0.1) is 19.7 Å². The summed E-state index contributed by atoms with van der Waals surface area (Å²) in [5.74, 6) is -0.584. The lowest BCUT2D eigenvalue weighted by molar-refractivity contribution is -0.129. The molecule has 0 bridgehead atoms. The number of nitrogens with zero attached hydrogens (tertiary/aromatic N) is 2. The Labute approximate surface area is 152 Å². The van der Waals surface area contributed by atoms with Crippen molar-refractivity contribution in [2.75, 3.05) is 37.7 Å². The SMILES string of the molecule is O=C(CN1CCc2ccccc21)N1CC(c2ccccc2)C(F)(CO)C1. The van der Waals surface area contributed by atoms with Crippen LogP contribution in [0.2, 0.25) is 0 Å². The van der Waals surface area contributed by atoms with Crippen molar-refractivity contribution in [2.45, 2.75) is 18.0 Å². The van der Waals surface area contributed by atoms with Crippen molar-refractivity contribution in [3.8, 4) is 0 Å². The molecule has 2 aromatic rings. The lowest BCUT2D eigenvalue weighted by Crippen LogP contribution is -2.41. The first-order chi connectivity index (χ1) is 12.6. The number of hydrogen-bond acceptors (Lipinski definition) is 3. The van der Waals surface area contributed by atoms with Gasteiger partial charge in [0.15, 0.2) is 5.67 Å². The van der Waals surface area contributed by atoms with E-state index in [-0.39, 0.29) is 19.0 Å². The summed E-state index contributed by atoms with van der Waals surface area (Å²) in [7, 11) is 0. The predicted molar refractivity (Wildman–Crippen MR) is 99.0 cm³/mol. The van der Waals surface area contributed by atoms with Gasteiger partial charge in [-0.05, 0) is 23.6 Å². The second-order valence-corrected chi connectivity index (χ2v) is 7.23. The van der Waals surface area contributed by atoms with E-state index >= 15 is 4.39 Å². The zero-order valence-electron chi connectivity index (χ0n) is 14.6. The maximum atomic E-state index is 15.3. The number of amides is 1. The van der Waals surface area contributed by atoms with E-state index in [1.807, 2.05) is 48.5 Å². The summed E-state index contributed by atoms with van der Waals surface area (Å²) in [6, 6.07) is 17.4. The Bertz CT molecular complexity index is 798. The van der Waals surface area contributed by atoms with Gasteiger partial charge in [-0.3, -0.25) is 4.79 Å². The van der Waals surface area contributed by atoms with E-state index in [4.69, 9.17) is 0 Å². The number of benzene rings is 2. The number of carbonyl (C=O) groups is 1. The molecule has 2 aliphatic heterocycles. The van der Waals surface area contributed by atoms with Crippen LogP contribution in [0, 0.1) is 0 Å². The summed E-state index contributed by atoms with van der Waals surface area (Å²) in [5, 5.41) is 9.65. The maximum absolute atomic E-state index is 15.3. The Morgan fingerprint density at radius 2 is 1.88 bits per heavy atom. The number of aliphatic hydroxyl groups excluding tert-OH is 1. The van der Waals surface area contributed by atoms with Crippen molar-refractivity contribution < 1.29 is 14.3 Å². The average molecular weight is 354 g/mol. The largest absolute Gasteiger partial charge is 0.393 e. The van der Waals surface area contributed by atoms with Crippen LogP contribution in [0.4, 0.5) is 10.1 Å². The minimum absolute atomic E-state index is 0.0582. The molecule has 2 unspecified atom stereocenters. The van der Waals surface area contributed by atoms with Gasteiger partial charge in [0.2, 0.25) is 5.91 Å². The van der Waals surface area contributed by atoms with E-state index < -0.39 is 18.2 Å². The molecule has 4 nitrogen and oxygen atoms in total. The van der Waals surface area contributed by atoms with Crippen LogP contribution < -0.4 is 4.90 Å². The van der Waals surface area contributed by atoms with Crippen LogP contribution in [0.5, 0.6) is 0 Å². The van der Waals surface area contributed by atoms with Crippen molar-refractivity contribution in [2.24, 2.45) is 0 Å². The number of carbonyl (C=O) groups excluding carboxylic acids is 1. The summed E-state index contributed by atoms with van der Waals surface area (Å²) in [4.78, 5) is 16.5. The number of alkyl halides is 1. The molecule has 1 amide bonds. The number of fused-ring (bicyclic) bond motifs is 1. The zero-order valence-corrected chi connectivity index (χ0v) is 14.6. The fraction of sp³-hybridized carbons (Fsp3) is 0.381. The van der Waals surface area contributed by atoms with Gasteiger partial charge >= 0.3 is 0 Å². The Hall–Kier alpha value is -2.40. The molecule has 2 aromatic carbocycles. The van der Waals surface area contributed by atoms with Crippen LogP contribution in [0.3, 0.4) is 0 Å². The molecule has 4 rings (SSSR count). The number of rotatable bonds is 4. The van der Waals surface area contributed by atoms with Gasteiger partial charge < -0.3 is 14.9 Å². The van der Waals surface area contributed by atoms with Crippen LogP contribution in [0.25, 0.3) is 0 Å². The molecule has 0 radical (unpaired) electrons. The number of anilines is 1. The minimum atomic E-state index is -1.79. The van der Waals surface area contributed by atoms with E-state index in [2.05, 4.69) is 11.0 Å². The number of hydrogen-bond donors (Lipinski definition) is 1. The van der Waals surface area contributed by atoms with E-state index in [1.54, 1.807) is 4.90 Å². The molecular weight excluding hydrogens is 331 g/mol. The average Bonchev–Trinajstić information content (AvgIpc) is 3.24. The molecule has 2 heterocycles. The van der Waals surface area contributed by atoms with Gasteiger partial charge in [0, 0.05) is 24.7 Å². The van der Waals surface area contributed by atoms with Gasteiger partial charge in [0.25, 0.3) is 0 Å². The lowest BCUT2D eigenvalue weighted by atomic mass is 9.87. The number of para-hydroxylation sites is 1. The van der Waals surface area contributed by atoms with Crippen molar-refractivity contribution in [3.63, 3.8) is 0 Å². The third kappa shape index (κ3) is 2.97. The van der Waals surface area contributed by atoms with Crippen LogP contribution in [-0.4, -0.2) is 54.4 Å². The smallest absolute Gasteiger partial charge is 0.242 e. The van der Waals surface area contributed by atoms with Crippen molar-refractivity contribution in [1.82, 2.24) is 4.90 Å². The number of halogens is 1. The van der Waals surface area contributed by atoms with Gasteiger partial charge in [-0.1, -0.05) is 48.5 Å². The molecule has 2 atom stereocenters. The molecule has 2 aliphatic rings. The van der Waals surface area contributed by atoms with Crippen LogP contribution in [0.15, 0.2) is 54.6 Å². The van der Waals surface area contributed by atoms with Crippen LogP contribution in [-0.2, 0) is 11.2 Å². The number of aliphatic hydroxyl groups is 1. The van der Waals surface area contributed by atoms with Crippen molar-refractivity contribution in [1.29, 1.82) is 0 Å². The first kappa shape index (κ1) is 17.0. The first-order valence-corrected chi connectivity index (χ1v) is 9.06. The molecule has 26 heavy (non-hydrogen) atoms. The molecule has 1 fully saturated rings. The highest BCUT2D eigenvalue weighted by molar-refractivity contribution is 5.83. The molecule has 1 N–H and O–H groups in total. The summed E-state index contributed by atoms with van der Waals surface area (Å²) >= 11 is 0. The van der Waals surface area contributed by atoms with Gasteiger partial charge in [-0.2, -0.15) is 0 Å². The molecule has 1 saturated heterocycles. The highest BCUT2D eigenvalue weighted by atomic mass is 19.1. The summed E-state index contributed by atoms with van der Waals surface area (Å²) < 4.78 is 15.3. The topological polar surface area (TPSA) is 43.8 Å². The Morgan fingerprint density at radius 1 is 1.15 bits per heavy atom. The monoisotopic (exact) mass is 354 g/mol. The molecule has 136 valence electrons. The maximum Gasteiger partial charge on any atom is 0.242 e. The van der Waals surface area contributed by atoms with Crippen molar-refractivity contribution >= 4 is 11.6 Å². The minimum Gasteiger partial charge on any atom is -0.393 e. The van der Waals surface area contributed by atoms with Crippen molar-refractivity contribution in [3.05, 3.63) is 65.7 Å². The van der Waals surface area contributed by atoms with E-state index in [1.165, 1.54) is 5.56 Å². The molecular formula is C21H23FN2O2. The van der Waals surface area contributed by atoms with E-state index in [0.717, 1.165) is 24.2 Å². The van der Waals surface area contributed by atoms with Crippen LogP contribution in [0.1, 0.15) is 17.0 Å². The second-order valence-electron chi connectivity index (χ2n) is 7.23. The molecule has 0 spiro atoms. The summed E-state index contributed by atoms with van der Waals surface area (Å²) in [6.07, 6.45) is 0.930. The Morgan fingerprint density at radius 3 is 2.65 bits per heavy atom. The summed E-state index contributed by atoms with van der Waals surface area (Å²) in [5.41, 5.74) is 1.37. The fourth-order valence-corrected chi connectivity index (χ4v) is 4.15. The molecule has 5 heteroatoms. The second kappa shape index (κ2) is 6.72. The fourth-order valence-electron chi connectivity index (χ4n) is 4.15. The quantitative estimate of drug-likeness (QED) is 0.917. The van der Waals surface area contributed by atoms with E-state index in [0.29, 0.717) is 6.54 Å². The molecule has 0 aromatic heterocycles. The Balaban J connectivity index is 1.49. The van der Waals surface area contributed by atoms with E-state index in [9.17, 15) is 9.90 Å². The highest BCUT2D eigenvalue weighted by Crippen LogP contribution is 2.39. The lowest BCUT2D eigenvalue weighted by Gasteiger charge is -2.24. The molecule has 0 aliphatic carbocycles. The molecule has 0 saturated carbocycles. The first-order valence-electron chi connectivity index (χ1n) is 9.06. The third-order valence-corrected chi connectivity index (χ3v) is 5.61. The van der Waals surface area contributed by atoms with Gasteiger partial charge in [-0.15, -0.1) is 0 Å². The Kier molecular flexibility index (Phi) is 4.41. The third-order valence-electron chi connectivity index (χ3n) is 5.61. The highest BCUT2D eigenvalue weighted by Gasteiger charge is 2.49. The normalized spacial score (nSPS) is 24.8. The van der Waals surface area contributed by atoms with Crippen LogP contribution >= 0.6 is 0 Å². The van der Waals surface area contributed by atoms with Gasteiger partial charge in [-0.25, -0.2) is 4.39 Å². The summed E-state index contributed by atoms with van der Waals surface area (Å²) in [6.45, 7) is 0.720. The predicted octanol–water partition coefficient (Wildman–Crippen LogP) is 2.38. The number of likely N-dealkylation sites (tertiary alicyclic amines) is 1. The standard InChI is InChI=1S/C21H23FN2O2/c22-21(15-25)14-24(12-18(21)16-6-2-1-3-7-16)20(26)13-23-11-10-17-8-4-5-9-19(17)23/h1-9,18,25H,10-15H2. The zero-order chi connectivity index (χ0) is 18.1.